The number of halogens is 1. The molecule has 1 amide bonds. The Morgan fingerprint density at radius 1 is 1.23 bits per heavy atom. The van der Waals surface area contributed by atoms with Crippen molar-refractivity contribution in [3.8, 4) is 16.3 Å². The van der Waals surface area contributed by atoms with Gasteiger partial charge in [-0.25, -0.2) is 4.98 Å². The highest BCUT2D eigenvalue weighted by molar-refractivity contribution is 7.13. The summed E-state index contributed by atoms with van der Waals surface area (Å²) >= 11 is 7.59. The van der Waals surface area contributed by atoms with Crippen molar-refractivity contribution in [2.24, 2.45) is 0 Å². The van der Waals surface area contributed by atoms with Crippen molar-refractivity contribution in [2.75, 3.05) is 0 Å². The maximum absolute atomic E-state index is 12.1. The minimum Gasteiger partial charge on any atom is -0.489 e. The molecule has 0 atom stereocenters. The van der Waals surface area contributed by atoms with Crippen molar-refractivity contribution >= 4 is 28.8 Å². The van der Waals surface area contributed by atoms with Crippen molar-refractivity contribution in [2.45, 2.75) is 26.5 Å². The third kappa shape index (κ3) is 4.62. The van der Waals surface area contributed by atoms with Gasteiger partial charge in [-0.3, -0.25) is 4.79 Å². The quantitative estimate of drug-likeness (QED) is 0.635. The normalized spacial score (nSPS) is 10.8. The van der Waals surface area contributed by atoms with Gasteiger partial charge in [0, 0.05) is 27.6 Å². The molecule has 0 aliphatic heterocycles. The van der Waals surface area contributed by atoms with E-state index in [0.717, 1.165) is 21.9 Å². The third-order valence-corrected chi connectivity index (χ3v) is 4.85. The van der Waals surface area contributed by atoms with E-state index in [0.29, 0.717) is 17.3 Å². The number of carbonyl (C=O) groups excluding carboxylic acids is 1. The number of hydrogen-bond donors (Lipinski definition) is 1. The highest BCUT2D eigenvalue weighted by Crippen LogP contribution is 2.28. The Kier molecular flexibility index (Phi) is 5.91. The van der Waals surface area contributed by atoms with E-state index >= 15 is 0 Å². The second-order valence-electron chi connectivity index (χ2n) is 6.07. The van der Waals surface area contributed by atoms with E-state index in [1.807, 2.05) is 62.4 Å². The molecule has 0 saturated heterocycles. The summed E-state index contributed by atoms with van der Waals surface area (Å²) in [5.74, 6) is 0.569. The lowest BCUT2D eigenvalue weighted by Gasteiger charge is -2.08. The number of amides is 1. The fourth-order valence-corrected chi connectivity index (χ4v) is 3.33. The minimum atomic E-state index is -0.159. The molecule has 4 nitrogen and oxygen atoms in total. The number of ether oxygens (including phenoxy) is 1. The summed E-state index contributed by atoms with van der Waals surface area (Å²) in [7, 11) is 0. The van der Waals surface area contributed by atoms with Crippen molar-refractivity contribution in [3.63, 3.8) is 0 Å². The first-order chi connectivity index (χ1) is 12.5. The van der Waals surface area contributed by atoms with E-state index in [-0.39, 0.29) is 11.9 Å². The van der Waals surface area contributed by atoms with Gasteiger partial charge in [-0.2, -0.15) is 0 Å². The molecule has 0 aliphatic rings. The van der Waals surface area contributed by atoms with Crippen LogP contribution in [0, 0.1) is 0 Å². The first kappa shape index (κ1) is 18.4. The number of aromatic nitrogens is 1. The fourth-order valence-electron chi connectivity index (χ4n) is 2.34. The molecule has 0 fully saturated rings. The monoisotopic (exact) mass is 386 g/mol. The van der Waals surface area contributed by atoms with Crippen LogP contribution in [0.1, 0.15) is 29.9 Å². The van der Waals surface area contributed by atoms with Crippen LogP contribution >= 0.6 is 22.9 Å². The molecule has 1 N–H and O–H groups in total. The zero-order valence-corrected chi connectivity index (χ0v) is 16.1. The minimum absolute atomic E-state index is 0.0780. The average Bonchev–Trinajstić information content (AvgIpc) is 3.11. The van der Waals surface area contributed by atoms with Gasteiger partial charge in [0.2, 0.25) is 0 Å². The molecule has 2 aromatic carbocycles. The number of nitrogens with zero attached hydrogens (tertiary/aromatic N) is 1. The molecule has 0 aliphatic carbocycles. The molecule has 134 valence electrons. The smallest absolute Gasteiger partial charge is 0.270 e. The molecule has 0 unspecified atom stereocenters. The average molecular weight is 387 g/mol. The van der Waals surface area contributed by atoms with E-state index in [4.69, 9.17) is 16.3 Å². The number of benzene rings is 2. The Labute approximate surface area is 161 Å². The molecule has 6 heteroatoms. The highest BCUT2D eigenvalue weighted by Gasteiger charge is 2.13. The summed E-state index contributed by atoms with van der Waals surface area (Å²) < 4.78 is 5.86. The van der Waals surface area contributed by atoms with Crippen LogP contribution in [0.25, 0.3) is 10.6 Å². The van der Waals surface area contributed by atoms with E-state index < -0.39 is 0 Å². The summed E-state index contributed by atoms with van der Waals surface area (Å²) in [6.45, 7) is 4.24. The van der Waals surface area contributed by atoms with Crippen LogP contribution in [0.15, 0.2) is 53.9 Å². The van der Waals surface area contributed by atoms with Gasteiger partial charge in [0.25, 0.3) is 5.91 Å². The molecule has 0 radical (unpaired) electrons. The van der Waals surface area contributed by atoms with Gasteiger partial charge in [-0.05, 0) is 32.0 Å². The van der Waals surface area contributed by atoms with Crippen LogP contribution in [0.4, 0.5) is 0 Å². The van der Waals surface area contributed by atoms with E-state index in [9.17, 15) is 4.79 Å². The van der Waals surface area contributed by atoms with Crippen LogP contribution in [0.5, 0.6) is 5.75 Å². The van der Waals surface area contributed by atoms with Gasteiger partial charge in [0.1, 0.15) is 23.1 Å². The maximum Gasteiger partial charge on any atom is 0.270 e. The van der Waals surface area contributed by atoms with Crippen LogP contribution in [-0.2, 0) is 6.61 Å². The number of nitrogens with one attached hydrogen (secondary N) is 1. The second-order valence-corrected chi connectivity index (χ2v) is 7.34. The topological polar surface area (TPSA) is 51.2 Å². The Balaban J connectivity index is 1.72. The molecule has 0 spiro atoms. The Morgan fingerprint density at radius 2 is 2.04 bits per heavy atom. The Bertz CT molecular complexity index is 908. The van der Waals surface area contributed by atoms with Gasteiger partial charge >= 0.3 is 0 Å². The molecule has 1 aromatic heterocycles. The summed E-state index contributed by atoms with van der Waals surface area (Å²) in [6, 6.07) is 15.3. The van der Waals surface area contributed by atoms with Crippen molar-refractivity contribution in [1.29, 1.82) is 0 Å². The van der Waals surface area contributed by atoms with Crippen LogP contribution in [0.2, 0.25) is 5.02 Å². The van der Waals surface area contributed by atoms with Crippen molar-refractivity contribution in [1.82, 2.24) is 10.3 Å². The largest absolute Gasteiger partial charge is 0.489 e. The molecule has 3 aromatic rings. The molecule has 3 rings (SSSR count). The first-order valence-electron chi connectivity index (χ1n) is 8.26. The van der Waals surface area contributed by atoms with Crippen molar-refractivity contribution in [3.05, 3.63) is 70.2 Å². The molecule has 26 heavy (non-hydrogen) atoms. The van der Waals surface area contributed by atoms with Gasteiger partial charge in [0.05, 0.1) is 0 Å². The summed E-state index contributed by atoms with van der Waals surface area (Å²) in [6.07, 6.45) is 0. The number of thiazole rings is 1. The first-order valence-corrected chi connectivity index (χ1v) is 9.51. The predicted octanol–water partition coefficient (Wildman–Crippen LogP) is 5.18. The van der Waals surface area contributed by atoms with Crippen LogP contribution in [0.3, 0.4) is 0 Å². The molecule has 0 bridgehead atoms. The van der Waals surface area contributed by atoms with Crippen LogP contribution in [-0.4, -0.2) is 16.9 Å². The van der Waals surface area contributed by atoms with Crippen LogP contribution < -0.4 is 10.1 Å². The van der Waals surface area contributed by atoms with Crippen molar-refractivity contribution < 1.29 is 9.53 Å². The molecular formula is C20H19ClN2O2S. The lowest BCUT2D eigenvalue weighted by atomic mass is 10.2. The number of rotatable bonds is 6. The second kappa shape index (κ2) is 8.34. The Morgan fingerprint density at radius 3 is 2.81 bits per heavy atom. The predicted molar refractivity (Wildman–Crippen MR) is 106 cm³/mol. The van der Waals surface area contributed by atoms with Gasteiger partial charge in [-0.1, -0.05) is 41.9 Å². The lowest BCUT2D eigenvalue weighted by molar-refractivity contribution is 0.0939. The lowest BCUT2D eigenvalue weighted by Crippen LogP contribution is -2.30. The highest BCUT2D eigenvalue weighted by atomic mass is 35.5. The summed E-state index contributed by atoms with van der Waals surface area (Å²) in [5.41, 5.74) is 2.28. The Hall–Kier alpha value is -2.37. The number of hydrogen-bond acceptors (Lipinski definition) is 4. The van der Waals surface area contributed by atoms with E-state index in [1.54, 1.807) is 5.38 Å². The molecule has 0 saturated carbocycles. The summed E-state index contributed by atoms with van der Waals surface area (Å²) in [4.78, 5) is 16.5. The fraction of sp³-hybridized carbons (Fsp3) is 0.200. The van der Waals surface area contributed by atoms with Gasteiger partial charge in [-0.15, -0.1) is 11.3 Å². The zero-order valence-electron chi connectivity index (χ0n) is 14.5. The van der Waals surface area contributed by atoms with E-state index in [1.165, 1.54) is 11.3 Å². The molecule has 1 heterocycles. The zero-order chi connectivity index (χ0) is 18.5. The van der Waals surface area contributed by atoms with Gasteiger partial charge < -0.3 is 10.1 Å². The standard InChI is InChI=1S/C20H19ClN2O2S/c1-13(2)22-19(24)18-12-26-20(23-18)14-7-5-8-16(10-14)25-11-15-6-3-4-9-17(15)21/h3-10,12-13H,11H2,1-2H3,(H,22,24). The maximum atomic E-state index is 12.1. The van der Waals surface area contributed by atoms with Gasteiger partial charge in [0.15, 0.2) is 0 Å². The molecular weight excluding hydrogens is 368 g/mol. The third-order valence-electron chi connectivity index (χ3n) is 3.59. The van der Waals surface area contributed by atoms with E-state index in [2.05, 4.69) is 10.3 Å². The SMILES string of the molecule is CC(C)NC(=O)c1csc(-c2cccc(OCc3ccccc3Cl)c2)n1. The summed E-state index contributed by atoms with van der Waals surface area (Å²) in [5, 5.41) is 6.08. The number of carbonyl (C=O) groups is 1.